The van der Waals surface area contributed by atoms with Gasteiger partial charge < -0.3 is 9.47 Å². The van der Waals surface area contributed by atoms with E-state index in [-0.39, 0.29) is 25.9 Å². The summed E-state index contributed by atoms with van der Waals surface area (Å²) in [6.07, 6.45) is 2.33. The quantitative estimate of drug-likeness (QED) is 0.266. The Labute approximate surface area is 162 Å². The monoisotopic (exact) mass is 415 g/mol. The maximum Gasteiger partial charge on any atom is 0.331 e. The predicted molar refractivity (Wildman–Crippen MR) is 98.6 cm³/mol. The summed E-state index contributed by atoms with van der Waals surface area (Å²) < 4.78 is 9.36. The highest BCUT2D eigenvalue weighted by atomic mass is 35.5. The molecule has 1 aromatic rings. The number of benzene rings is 1. The number of nitrogens with zero attached hydrogens (tertiary/aromatic N) is 2. The molecule has 11 heteroatoms. The van der Waals surface area contributed by atoms with Crippen LogP contribution in [0, 0.1) is 0 Å². The van der Waals surface area contributed by atoms with Gasteiger partial charge in [0.05, 0.1) is 28.3 Å². The number of hydrogen-bond acceptors (Lipinski definition) is 8. The minimum Gasteiger partial charge on any atom is -0.466 e. The standard InChI is InChI=1S/C15H11Cl2N3O5S/c1-7(21)25-8-3-10(16)9(11(17)4-8)6-18-20-15-19-14(23)12(26-15)5-13(22)24-2/h3-6H,1-2H3,(H,19,20,23)/b12-5+,18-6?. The number of rotatable bonds is 4. The van der Waals surface area contributed by atoms with E-state index in [1.165, 1.54) is 32.4 Å². The van der Waals surface area contributed by atoms with Crippen molar-refractivity contribution >= 4 is 64.2 Å². The molecule has 26 heavy (non-hydrogen) atoms. The number of carbonyl (C=O) groups excluding carboxylic acids is 3. The van der Waals surface area contributed by atoms with Crippen molar-refractivity contribution in [3.05, 3.63) is 38.7 Å². The van der Waals surface area contributed by atoms with Crippen LogP contribution in [0.25, 0.3) is 0 Å². The van der Waals surface area contributed by atoms with Crippen molar-refractivity contribution in [3.8, 4) is 5.75 Å². The van der Waals surface area contributed by atoms with Gasteiger partial charge in [0, 0.05) is 30.7 Å². The maximum atomic E-state index is 11.7. The van der Waals surface area contributed by atoms with Crippen LogP contribution >= 0.6 is 35.0 Å². The van der Waals surface area contributed by atoms with Crippen LogP contribution in [-0.2, 0) is 19.1 Å². The summed E-state index contributed by atoms with van der Waals surface area (Å²) in [6.45, 7) is 1.25. The first-order chi connectivity index (χ1) is 12.3. The Morgan fingerprint density at radius 2 is 1.92 bits per heavy atom. The van der Waals surface area contributed by atoms with E-state index < -0.39 is 17.8 Å². The number of carbonyl (C=O) groups is 3. The average Bonchev–Trinajstić information content (AvgIpc) is 2.89. The Kier molecular flexibility index (Phi) is 6.78. The number of thioether (sulfide) groups is 1. The second-order valence-electron chi connectivity index (χ2n) is 4.63. The molecule has 0 aliphatic carbocycles. The highest BCUT2D eigenvalue weighted by molar-refractivity contribution is 8.18. The van der Waals surface area contributed by atoms with Crippen molar-refractivity contribution < 1.29 is 23.9 Å². The molecular formula is C15H11Cl2N3O5S. The zero-order chi connectivity index (χ0) is 19.3. The van der Waals surface area contributed by atoms with Crippen molar-refractivity contribution in [2.45, 2.75) is 6.92 Å². The molecule has 1 aromatic carbocycles. The summed E-state index contributed by atoms with van der Waals surface area (Å²) in [6, 6.07) is 2.82. The molecule has 0 bridgehead atoms. The van der Waals surface area contributed by atoms with E-state index in [2.05, 4.69) is 20.3 Å². The molecule has 1 fully saturated rings. The Morgan fingerprint density at radius 3 is 2.50 bits per heavy atom. The lowest BCUT2D eigenvalue weighted by atomic mass is 10.2. The summed E-state index contributed by atoms with van der Waals surface area (Å²) in [4.78, 5) is 33.9. The fourth-order valence-electron chi connectivity index (χ4n) is 1.69. The third-order valence-electron chi connectivity index (χ3n) is 2.75. The van der Waals surface area contributed by atoms with Gasteiger partial charge >= 0.3 is 11.9 Å². The fourth-order valence-corrected chi connectivity index (χ4v) is 2.99. The number of methoxy groups -OCH3 is 1. The van der Waals surface area contributed by atoms with Gasteiger partial charge in [0.15, 0.2) is 5.17 Å². The smallest absolute Gasteiger partial charge is 0.331 e. The van der Waals surface area contributed by atoms with Crippen LogP contribution in [0.15, 0.2) is 33.3 Å². The normalized spacial score (nSPS) is 17.0. The molecule has 0 saturated carbocycles. The Bertz CT molecular complexity index is 844. The number of halogens is 2. The lowest BCUT2D eigenvalue weighted by Gasteiger charge is -2.05. The van der Waals surface area contributed by atoms with Crippen LogP contribution < -0.4 is 10.1 Å². The minimum absolute atomic E-state index is 0.132. The molecule has 1 N–H and O–H groups in total. The van der Waals surface area contributed by atoms with Crippen LogP contribution in [-0.4, -0.2) is 36.3 Å². The van der Waals surface area contributed by atoms with E-state index in [0.717, 1.165) is 17.8 Å². The molecule has 0 unspecified atom stereocenters. The van der Waals surface area contributed by atoms with Gasteiger partial charge in [-0.2, -0.15) is 5.10 Å². The van der Waals surface area contributed by atoms with E-state index in [4.69, 9.17) is 27.9 Å². The molecule has 1 saturated heterocycles. The maximum absolute atomic E-state index is 11.7. The number of ether oxygens (including phenoxy) is 2. The van der Waals surface area contributed by atoms with Crippen LogP contribution in [0.1, 0.15) is 12.5 Å². The molecule has 0 atom stereocenters. The Hall–Kier alpha value is -2.36. The van der Waals surface area contributed by atoms with Crippen molar-refractivity contribution in [1.29, 1.82) is 0 Å². The second-order valence-corrected chi connectivity index (χ2v) is 6.48. The third-order valence-corrected chi connectivity index (χ3v) is 4.28. The van der Waals surface area contributed by atoms with Crippen molar-refractivity contribution in [1.82, 2.24) is 5.32 Å². The molecule has 2 rings (SSSR count). The highest BCUT2D eigenvalue weighted by Gasteiger charge is 2.25. The zero-order valence-corrected chi connectivity index (χ0v) is 15.7. The first kappa shape index (κ1) is 20.0. The molecule has 0 aromatic heterocycles. The van der Waals surface area contributed by atoms with Gasteiger partial charge in [0.25, 0.3) is 5.91 Å². The molecule has 8 nitrogen and oxygen atoms in total. The van der Waals surface area contributed by atoms with Crippen LogP contribution in [0.5, 0.6) is 5.75 Å². The van der Waals surface area contributed by atoms with E-state index in [1.807, 2.05) is 0 Å². The van der Waals surface area contributed by atoms with E-state index in [1.54, 1.807) is 0 Å². The number of amidine groups is 1. The molecule has 1 aliphatic heterocycles. The van der Waals surface area contributed by atoms with Gasteiger partial charge in [-0.25, -0.2) is 4.79 Å². The second kappa shape index (κ2) is 8.84. The lowest BCUT2D eigenvalue weighted by molar-refractivity contribution is -0.135. The predicted octanol–water partition coefficient (Wildman–Crippen LogP) is 2.53. The molecule has 0 spiro atoms. The highest BCUT2D eigenvalue weighted by Crippen LogP contribution is 2.29. The van der Waals surface area contributed by atoms with E-state index >= 15 is 0 Å². The minimum atomic E-state index is -0.654. The topological polar surface area (TPSA) is 106 Å². The van der Waals surface area contributed by atoms with Crippen LogP contribution in [0.2, 0.25) is 10.0 Å². The number of hydrogen-bond donors (Lipinski definition) is 1. The van der Waals surface area contributed by atoms with E-state index in [0.29, 0.717) is 5.56 Å². The summed E-state index contributed by atoms with van der Waals surface area (Å²) in [5.41, 5.74) is 0.355. The molecule has 1 aliphatic rings. The summed E-state index contributed by atoms with van der Waals surface area (Å²) in [7, 11) is 1.20. The van der Waals surface area contributed by atoms with Gasteiger partial charge in [-0.05, 0) is 11.8 Å². The van der Waals surface area contributed by atoms with E-state index in [9.17, 15) is 14.4 Å². The first-order valence-corrected chi connectivity index (χ1v) is 8.44. The number of nitrogens with one attached hydrogen (secondary N) is 1. The SMILES string of the molecule is COC(=O)/C=C1/S/C(=N\N=Cc2c(Cl)cc(OC(C)=O)cc2Cl)NC1=O. The van der Waals surface area contributed by atoms with Gasteiger partial charge in [0.1, 0.15) is 5.75 Å². The number of amides is 1. The van der Waals surface area contributed by atoms with Gasteiger partial charge in [-0.1, -0.05) is 23.2 Å². The average molecular weight is 416 g/mol. The lowest BCUT2D eigenvalue weighted by Crippen LogP contribution is -2.19. The summed E-state index contributed by atoms with van der Waals surface area (Å²) in [5, 5.41) is 10.7. The number of esters is 2. The van der Waals surface area contributed by atoms with Gasteiger partial charge in [-0.3, -0.25) is 14.9 Å². The Morgan fingerprint density at radius 1 is 1.27 bits per heavy atom. The van der Waals surface area contributed by atoms with Crippen molar-refractivity contribution in [2.24, 2.45) is 10.2 Å². The summed E-state index contributed by atoms with van der Waals surface area (Å²) >= 11 is 13.1. The molecule has 0 radical (unpaired) electrons. The molecular weight excluding hydrogens is 405 g/mol. The largest absolute Gasteiger partial charge is 0.466 e. The molecule has 1 amide bonds. The van der Waals surface area contributed by atoms with Crippen LogP contribution in [0.3, 0.4) is 0 Å². The third kappa shape index (κ3) is 5.32. The fraction of sp³-hybridized carbons (Fsp3) is 0.133. The van der Waals surface area contributed by atoms with Crippen molar-refractivity contribution in [3.63, 3.8) is 0 Å². The van der Waals surface area contributed by atoms with Crippen molar-refractivity contribution in [2.75, 3.05) is 7.11 Å². The summed E-state index contributed by atoms with van der Waals surface area (Å²) in [5.74, 6) is -1.45. The van der Waals surface area contributed by atoms with Gasteiger partial charge in [-0.15, -0.1) is 5.10 Å². The first-order valence-electron chi connectivity index (χ1n) is 6.87. The van der Waals surface area contributed by atoms with Crippen LogP contribution in [0.4, 0.5) is 0 Å². The zero-order valence-electron chi connectivity index (χ0n) is 13.4. The van der Waals surface area contributed by atoms with Gasteiger partial charge in [0.2, 0.25) is 0 Å². The molecule has 1 heterocycles. The Balaban J connectivity index is 2.15. The molecule has 136 valence electrons.